The number of carbonyl (C=O) groups is 3. The highest BCUT2D eigenvalue weighted by atomic mass is 16.5. The molecule has 186 valence electrons. The lowest BCUT2D eigenvalue weighted by molar-refractivity contribution is -0.147. The molecule has 0 aliphatic heterocycles. The molecule has 1 aliphatic carbocycles. The molecule has 0 atom stereocenters. The molecule has 0 unspecified atom stereocenters. The molecule has 0 saturated carbocycles. The summed E-state index contributed by atoms with van der Waals surface area (Å²) in [6.07, 6.45) is -0.566. The van der Waals surface area contributed by atoms with Crippen LogP contribution < -0.4 is 5.32 Å². The number of carbonyl (C=O) groups excluding carboxylic acids is 2. The molecule has 0 aromatic heterocycles. The molecule has 2 N–H and O–H groups in total. The first kappa shape index (κ1) is 24.9. The first-order valence-electron chi connectivity index (χ1n) is 11.7. The van der Waals surface area contributed by atoms with Crippen LogP contribution in [0.15, 0.2) is 78.9 Å². The molecule has 36 heavy (non-hydrogen) atoms. The molecule has 8 heteroatoms. The molecule has 3 aromatic rings. The van der Waals surface area contributed by atoms with Crippen molar-refractivity contribution < 1.29 is 29.0 Å². The molecule has 3 aromatic carbocycles. The Labute approximate surface area is 209 Å². The normalized spacial score (nSPS) is 11.9. The van der Waals surface area contributed by atoms with Crippen molar-refractivity contribution in [1.82, 2.24) is 10.2 Å². The maximum absolute atomic E-state index is 12.5. The minimum atomic E-state index is -1.10. The summed E-state index contributed by atoms with van der Waals surface area (Å²) in [7, 11) is 0. The van der Waals surface area contributed by atoms with E-state index in [0.717, 1.165) is 27.8 Å². The van der Waals surface area contributed by atoms with Crippen molar-refractivity contribution >= 4 is 18.0 Å². The Balaban J connectivity index is 1.19. The highest BCUT2D eigenvalue weighted by molar-refractivity contribution is 5.82. The van der Waals surface area contributed by atoms with Gasteiger partial charge in [-0.25, -0.2) is 4.79 Å². The van der Waals surface area contributed by atoms with Crippen LogP contribution in [0.5, 0.6) is 0 Å². The minimum absolute atomic E-state index is 0.0261. The van der Waals surface area contributed by atoms with Gasteiger partial charge in [0, 0.05) is 19.0 Å². The van der Waals surface area contributed by atoms with E-state index in [1.807, 2.05) is 54.6 Å². The number of benzene rings is 3. The van der Waals surface area contributed by atoms with Gasteiger partial charge in [0.2, 0.25) is 5.91 Å². The lowest BCUT2D eigenvalue weighted by atomic mass is 9.98. The Morgan fingerprint density at radius 2 is 1.47 bits per heavy atom. The van der Waals surface area contributed by atoms with E-state index in [4.69, 9.17) is 14.6 Å². The number of nitrogens with one attached hydrogen (secondary N) is 1. The molecule has 0 radical (unpaired) electrons. The van der Waals surface area contributed by atoms with Crippen molar-refractivity contribution in [2.24, 2.45) is 0 Å². The zero-order valence-electron chi connectivity index (χ0n) is 19.8. The summed E-state index contributed by atoms with van der Waals surface area (Å²) < 4.78 is 10.8. The molecule has 2 amide bonds. The van der Waals surface area contributed by atoms with Gasteiger partial charge in [-0.2, -0.15) is 0 Å². The number of carboxylic acids is 1. The second kappa shape index (κ2) is 12.0. The van der Waals surface area contributed by atoms with E-state index < -0.39 is 24.5 Å². The van der Waals surface area contributed by atoms with E-state index in [9.17, 15) is 14.4 Å². The van der Waals surface area contributed by atoms with Crippen LogP contribution in [-0.2, 0) is 25.6 Å². The van der Waals surface area contributed by atoms with Crippen molar-refractivity contribution in [3.63, 3.8) is 0 Å². The molecule has 0 heterocycles. The number of rotatable bonds is 11. The zero-order chi connectivity index (χ0) is 25.3. The summed E-state index contributed by atoms with van der Waals surface area (Å²) in [5, 5.41) is 11.7. The zero-order valence-corrected chi connectivity index (χ0v) is 19.8. The van der Waals surface area contributed by atoms with Crippen LogP contribution in [0.3, 0.4) is 0 Å². The molecule has 1 aliphatic rings. The molecule has 0 fully saturated rings. The summed E-state index contributed by atoms with van der Waals surface area (Å²) in [6.45, 7) is -0.0819. The number of hydrogen-bond acceptors (Lipinski definition) is 5. The van der Waals surface area contributed by atoms with Crippen molar-refractivity contribution in [1.29, 1.82) is 0 Å². The van der Waals surface area contributed by atoms with Crippen LogP contribution in [-0.4, -0.2) is 60.9 Å². The highest BCUT2D eigenvalue weighted by Gasteiger charge is 2.29. The Bertz CT molecular complexity index is 1170. The number of hydrogen-bond donors (Lipinski definition) is 2. The van der Waals surface area contributed by atoms with Crippen molar-refractivity contribution in [3.05, 3.63) is 95.6 Å². The van der Waals surface area contributed by atoms with Gasteiger partial charge in [0.15, 0.2) is 0 Å². The third kappa shape index (κ3) is 6.28. The third-order valence-electron chi connectivity index (χ3n) is 5.98. The molecule has 8 nitrogen and oxygen atoms in total. The van der Waals surface area contributed by atoms with E-state index in [1.54, 1.807) is 0 Å². The van der Waals surface area contributed by atoms with Gasteiger partial charge in [-0.3, -0.25) is 9.59 Å². The summed E-state index contributed by atoms with van der Waals surface area (Å²) in [4.78, 5) is 37.1. The second-order valence-corrected chi connectivity index (χ2v) is 8.43. The summed E-state index contributed by atoms with van der Waals surface area (Å²) >= 11 is 0. The predicted molar refractivity (Wildman–Crippen MR) is 133 cm³/mol. The first-order valence-corrected chi connectivity index (χ1v) is 11.7. The fraction of sp³-hybridized carbons (Fsp3) is 0.250. The number of carboxylic acid groups (broad SMARTS) is 1. The van der Waals surface area contributed by atoms with Crippen LogP contribution >= 0.6 is 0 Å². The van der Waals surface area contributed by atoms with Gasteiger partial charge >= 0.3 is 12.1 Å². The van der Waals surface area contributed by atoms with Gasteiger partial charge < -0.3 is 24.8 Å². The molecular formula is C28H28N2O6. The summed E-state index contributed by atoms with van der Waals surface area (Å²) in [5.74, 6) is -1.57. The maximum Gasteiger partial charge on any atom is 0.407 e. The smallest absolute Gasteiger partial charge is 0.407 e. The number of fused-ring (bicyclic) bond motifs is 3. The number of nitrogens with zero attached hydrogens (tertiary/aromatic N) is 1. The quantitative estimate of drug-likeness (QED) is 0.399. The van der Waals surface area contributed by atoms with Crippen molar-refractivity contribution in [2.75, 3.05) is 32.9 Å². The minimum Gasteiger partial charge on any atom is -0.480 e. The number of alkyl carbamates (subject to hydrolysis) is 1. The SMILES string of the molecule is O=C(O)CN(Cc1ccccc1)C(=O)COCCNC(=O)OCC1c2ccccc2-c2ccccc21. The van der Waals surface area contributed by atoms with Crippen LogP contribution in [0.25, 0.3) is 11.1 Å². The fourth-order valence-corrected chi connectivity index (χ4v) is 4.32. The van der Waals surface area contributed by atoms with E-state index >= 15 is 0 Å². The number of amides is 2. The lowest BCUT2D eigenvalue weighted by Crippen LogP contribution is -2.38. The monoisotopic (exact) mass is 488 g/mol. The van der Waals surface area contributed by atoms with Gasteiger partial charge in [-0.15, -0.1) is 0 Å². The van der Waals surface area contributed by atoms with Gasteiger partial charge in [-0.1, -0.05) is 78.9 Å². The topological polar surface area (TPSA) is 105 Å². The summed E-state index contributed by atoms with van der Waals surface area (Å²) in [6, 6.07) is 25.3. The molecule has 0 spiro atoms. The standard InChI is InChI=1S/C28H28N2O6/c31-26(30(17-27(32)33)16-20-8-2-1-3-9-20)19-35-15-14-29-28(34)36-18-25-23-12-6-4-10-21(23)22-11-5-7-13-24(22)25/h1-13,25H,14-19H2,(H,29,34)(H,32,33). The predicted octanol–water partition coefficient (Wildman–Crippen LogP) is 3.66. The average Bonchev–Trinajstić information content (AvgIpc) is 3.21. The Morgan fingerprint density at radius 3 is 2.11 bits per heavy atom. The van der Waals surface area contributed by atoms with Gasteiger partial charge in [0.25, 0.3) is 0 Å². The fourth-order valence-electron chi connectivity index (χ4n) is 4.32. The van der Waals surface area contributed by atoms with Crippen molar-refractivity contribution in [3.8, 4) is 11.1 Å². The second-order valence-electron chi connectivity index (χ2n) is 8.43. The van der Waals surface area contributed by atoms with E-state index in [-0.39, 0.29) is 38.8 Å². The van der Waals surface area contributed by atoms with Crippen LogP contribution in [0, 0.1) is 0 Å². The number of ether oxygens (including phenoxy) is 2. The van der Waals surface area contributed by atoms with E-state index in [0.29, 0.717) is 0 Å². The largest absolute Gasteiger partial charge is 0.480 e. The number of aliphatic carboxylic acids is 1. The van der Waals surface area contributed by atoms with Gasteiger partial charge in [-0.05, 0) is 27.8 Å². The highest BCUT2D eigenvalue weighted by Crippen LogP contribution is 2.44. The molecular weight excluding hydrogens is 460 g/mol. The average molecular weight is 489 g/mol. The van der Waals surface area contributed by atoms with E-state index in [2.05, 4.69) is 29.6 Å². The summed E-state index contributed by atoms with van der Waals surface area (Å²) in [5.41, 5.74) is 5.40. The molecule has 4 rings (SSSR count). The Hall–Kier alpha value is -4.17. The maximum atomic E-state index is 12.5. The van der Waals surface area contributed by atoms with E-state index in [1.165, 1.54) is 4.90 Å². The van der Waals surface area contributed by atoms with Gasteiger partial charge in [0.1, 0.15) is 19.8 Å². The molecule has 0 bridgehead atoms. The van der Waals surface area contributed by atoms with Crippen LogP contribution in [0.4, 0.5) is 4.79 Å². The van der Waals surface area contributed by atoms with Crippen LogP contribution in [0.1, 0.15) is 22.6 Å². The Morgan fingerprint density at radius 1 is 0.861 bits per heavy atom. The van der Waals surface area contributed by atoms with Gasteiger partial charge in [0.05, 0.1) is 6.61 Å². The first-order chi connectivity index (χ1) is 17.5. The van der Waals surface area contributed by atoms with Crippen molar-refractivity contribution in [2.45, 2.75) is 12.5 Å². The lowest BCUT2D eigenvalue weighted by Gasteiger charge is -2.21. The van der Waals surface area contributed by atoms with Crippen LogP contribution in [0.2, 0.25) is 0 Å². The third-order valence-corrected chi connectivity index (χ3v) is 5.98. The molecule has 0 saturated heterocycles. The Kier molecular flexibility index (Phi) is 8.31.